The SMILES string of the molecule is O=S1(=O)CCC(C(CCl)CCCc2ccccc2)C1. The molecule has 1 aliphatic rings. The first-order chi connectivity index (χ1) is 9.11. The molecule has 0 aliphatic carbocycles. The summed E-state index contributed by atoms with van der Waals surface area (Å²) in [5.74, 6) is 1.90. The van der Waals surface area contributed by atoms with Gasteiger partial charge in [0.1, 0.15) is 0 Å². The predicted molar refractivity (Wildman–Crippen MR) is 80.4 cm³/mol. The molecular formula is C15H21ClO2S. The molecule has 0 N–H and O–H groups in total. The van der Waals surface area contributed by atoms with Gasteiger partial charge in [-0.1, -0.05) is 30.3 Å². The summed E-state index contributed by atoms with van der Waals surface area (Å²) >= 11 is 6.03. The molecule has 0 bridgehead atoms. The molecule has 1 fully saturated rings. The van der Waals surface area contributed by atoms with E-state index >= 15 is 0 Å². The zero-order chi connectivity index (χ0) is 13.7. The second kappa shape index (κ2) is 6.76. The van der Waals surface area contributed by atoms with Gasteiger partial charge in [0.15, 0.2) is 9.84 Å². The molecule has 1 aliphatic heterocycles. The quantitative estimate of drug-likeness (QED) is 0.755. The van der Waals surface area contributed by atoms with Crippen LogP contribution in [0.5, 0.6) is 0 Å². The van der Waals surface area contributed by atoms with Crippen molar-refractivity contribution in [3.05, 3.63) is 35.9 Å². The summed E-state index contributed by atoms with van der Waals surface area (Å²) in [7, 11) is -2.79. The van der Waals surface area contributed by atoms with Gasteiger partial charge in [-0.05, 0) is 43.1 Å². The summed E-state index contributed by atoms with van der Waals surface area (Å²) in [6.45, 7) is 0. The second-order valence-electron chi connectivity index (χ2n) is 5.46. The lowest BCUT2D eigenvalue weighted by atomic mass is 9.88. The molecule has 106 valence electrons. The molecule has 0 amide bonds. The number of alkyl halides is 1. The van der Waals surface area contributed by atoms with E-state index in [2.05, 4.69) is 24.3 Å². The summed E-state index contributed by atoms with van der Waals surface area (Å²) in [4.78, 5) is 0. The Morgan fingerprint density at radius 2 is 2.00 bits per heavy atom. The fraction of sp³-hybridized carbons (Fsp3) is 0.600. The fourth-order valence-electron chi connectivity index (χ4n) is 2.85. The average Bonchev–Trinajstić information content (AvgIpc) is 2.76. The fourth-order valence-corrected chi connectivity index (χ4v) is 5.17. The van der Waals surface area contributed by atoms with Gasteiger partial charge in [0.2, 0.25) is 0 Å². The molecule has 0 spiro atoms. The molecule has 1 aromatic carbocycles. The average molecular weight is 301 g/mol. The number of hydrogen-bond acceptors (Lipinski definition) is 2. The molecule has 0 radical (unpaired) electrons. The molecule has 2 rings (SSSR count). The van der Waals surface area contributed by atoms with Crippen molar-refractivity contribution in [2.24, 2.45) is 11.8 Å². The molecular weight excluding hydrogens is 280 g/mol. The number of benzene rings is 1. The van der Waals surface area contributed by atoms with E-state index in [1.54, 1.807) is 0 Å². The van der Waals surface area contributed by atoms with E-state index in [-0.39, 0.29) is 5.92 Å². The lowest BCUT2D eigenvalue weighted by molar-refractivity contribution is 0.367. The number of aryl methyl sites for hydroxylation is 1. The van der Waals surface area contributed by atoms with Crippen LogP contribution in [0.15, 0.2) is 30.3 Å². The van der Waals surface area contributed by atoms with Crippen LogP contribution in [0.1, 0.15) is 24.8 Å². The maximum atomic E-state index is 11.5. The van der Waals surface area contributed by atoms with Crippen molar-refractivity contribution >= 4 is 21.4 Å². The summed E-state index contributed by atoms with van der Waals surface area (Å²) < 4.78 is 23.0. The van der Waals surface area contributed by atoms with Crippen molar-refractivity contribution in [1.29, 1.82) is 0 Å². The second-order valence-corrected chi connectivity index (χ2v) is 7.99. The highest BCUT2D eigenvalue weighted by Gasteiger charge is 2.32. The standard InChI is InChI=1S/C15H21ClO2S/c16-11-14(15-9-10-19(17,18)12-15)8-4-7-13-5-2-1-3-6-13/h1-3,5-6,14-15H,4,7-12H2. The van der Waals surface area contributed by atoms with Crippen molar-refractivity contribution < 1.29 is 8.42 Å². The molecule has 1 saturated heterocycles. The Balaban J connectivity index is 1.80. The van der Waals surface area contributed by atoms with E-state index in [9.17, 15) is 8.42 Å². The van der Waals surface area contributed by atoms with Crippen LogP contribution in [-0.4, -0.2) is 25.8 Å². The van der Waals surface area contributed by atoms with Gasteiger partial charge in [0.25, 0.3) is 0 Å². The van der Waals surface area contributed by atoms with Crippen LogP contribution in [0.25, 0.3) is 0 Å². The minimum Gasteiger partial charge on any atom is -0.229 e. The zero-order valence-electron chi connectivity index (χ0n) is 11.1. The monoisotopic (exact) mass is 300 g/mol. The van der Waals surface area contributed by atoms with Crippen LogP contribution in [-0.2, 0) is 16.3 Å². The van der Waals surface area contributed by atoms with Gasteiger partial charge in [-0.25, -0.2) is 8.42 Å². The van der Waals surface area contributed by atoms with Gasteiger partial charge in [-0.3, -0.25) is 0 Å². The van der Waals surface area contributed by atoms with Crippen LogP contribution in [0.4, 0.5) is 0 Å². The normalized spacial score (nSPS) is 23.3. The topological polar surface area (TPSA) is 34.1 Å². The Bertz CT molecular complexity index is 484. The Morgan fingerprint density at radius 3 is 2.58 bits per heavy atom. The van der Waals surface area contributed by atoms with Gasteiger partial charge in [0, 0.05) is 5.88 Å². The number of halogens is 1. The van der Waals surface area contributed by atoms with Crippen LogP contribution < -0.4 is 0 Å². The molecule has 2 unspecified atom stereocenters. The van der Waals surface area contributed by atoms with Gasteiger partial charge in [-0.15, -0.1) is 11.6 Å². The lowest BCUT2D eigenvalue weighted by Crippen LogP contribution is -2.18. The van der Waals surface area contributed by atoms with Crippen LogP contribution in [0.2, 0.25) is 0 Å². The summed E-state index contributed by atoms with van der Waals surface area (Å²) in [6.07, 6.45) is 3.95. The first-order valence-corrected chi connectivity index (χ1v) is 9.26. The lowest BCUT2D eigenvalue weighted by Gasteiger charge is -2.19. The first kappa shape index (κ1) is 14.9. The van der Waals surface area contributed by atoms with E-state index in [0.29, 0.717) is 23.3 Å². The van der Waals surface area contributed by atoms with Gasteiger partial charge < -0.3 is 0 Å². The van der Waals surface area contributed by atoms with Gasteiger partial charge >= 0.3 is 0 Å². The minimum atomic E-state index is -2.79. The minimum absolute atomic E-state index is 0.276. The zero-order valence-corrected chi connectivity index (χ0v) is 12.7. The maximum absolute atomic E-state index is 11.5. The van der Waals surface area contributed by atoms with Crippen molar-refractivity contribution in [3.8, 4) is 0 Å². The van der Waals surface area contributed by atoms with Crippen LogP contribution in [0, 0.1) is 11.8 Å². The third-order valence-corrected chi connectivity index (χ3v) is 6.21. The smallest absolute Gasteiger partial charge is 0.150 e. The largest absolute Gasteiger partial charge is 0.229 e. The van der Waals surface area contributed by atoms with Crippen molar-refractivity contribution in [3.63, 3.8) is 0 Å². The molecule has 1 aromatic rings. The van der Waals surface area contributed by atoms with Gasteiger partial charge in [-0.2, -0.15) is 0 Å². The molecule has 2 nitrogen and oxygen atoms in total. The number of sulfone groups is 1. The Labute approximate surface area is 121 Å². The molecule has 0 aromatic heterocycles. The summed E-state index contributed by atoms with van der Waals surface area (Å²) in [6, 6.07) is 10.4. The Kier molecular flexibility index (Phi) is 5.28. The molecule has 0 saturated carbocycles. The van der Waals surface area contributed by atoms with E-state index in [1.807, 2.05) is 6.07 Å². The number of rotatable bonds is 6. The molecule has 2 atom stereocenters. The van der Waals surface area contributed by atoms with Gasteiger partial charge in [0.05, 0.1) is 11.5 Å². The van der Waals surface area contributed by atoms with E-state index in [0.717, 1.165) is 25.7 Å². The maximum Gasteiger partial charge on any atom is 0.150 e. The third-order valence-electron chi connectivity index (χ3n) is 4.02. The number of hydrogen-bond donors (Lipinski definition) is 0. The molecule has 1 heterocycles. The van der Waals surface area contributed by atoms with Crippen molar-refractivity contribution in [1.82, 2.24) is 0 Å². The van der Waals surface area contributed by atoms with Crippen LogP contribution in [0.3, 0.4) is 0 Å². The molecule has 4 heteroatoms. The van der Waals surface area contributed by atoms with E-state index in [4.69, 9.17) is 11.6 Å². The summed E-state index contributed by atoms with van der Waals surface area (Å²) in [5, 5.41) is 0. The first-order valence-electron chi connectivity index (χ1n) is 6.91. The molecule has 19 heavy (non-hydrogen) atoms. The van der Waals surface area contributed by atoms with Crippen molar-refractivity contribution in [2.75, 3.05) is 17.4 Å². The highest BCUT2D eigenvalue weighted by Crippen LogP contribution is 2.30. The predicted octanol–water partition coefficient (Wildman–Crippen LogP) is 3.30. The third kappa shape index (κ3) is 4.50. The van der Waals surface area contributed by atoms with Crippen molar-refractivity contribution in [2.45, 2.75) is 25.7 Å². The van der Waals surface area contributed by atoms with Crippen LogP contribution >= 0.6 is 11.6 Å². The van der Waals surface area contributed by atoms with E-state index < -0.39 is 9.84 Å². The Morgan fingerprint density at radius 1 is 1.26 bits per heavy atom. The highest BCUT2D eigenvalue weighted by atomic mass is 35.5. The highest BCUT2D eigenvalue weighted by molar-refractivity contribution is 7.91. The Hall–Kier alpha value is -0.540. The van der Waals surface area contributed by atoms with E-state index in [1.165, 1.54) is 5.56 Å². The summed E-state index contributed by atoms with van der Waals surface area (Å²) in [5.41, 5.74) is 1.34.